The lowest BCUT2D eigenvalue weighted by Crippen LogP contribution is -2.13. The Kier molecular flexibility index (Phi) is 3.65. The summed E-state index contributed by atoms with van der Waals surface area (Å²) >= 11 is 1.49. The van der Waals surface area contributed by atoms with Gasteiger partial charge >= 0.3 is 0 Å². The molecule has 4 rings (SSSR count). The molecule has 25 heavy (non-hydrogen) atoms. The highest BCUT2D eigenvalue weighted by Crippen LogP contribution is 2.32. The number of aryl methyl sites for hydroxylation is 3. The summed E-state index contributed by atoms with van der Waals surface area (Å²) in [6.07, 6.45) is 0. The minimum atomic E-state index is -0.376. The van der Waals surface area contributed by atoms with Gasteiger partial charge in [0.05, 0.1) is 4.88 Å². The Morgan fingerprint density at radius 3 is 2.72 bits per heavy atom. The lowest BCUT2D eigenvalue weighted by molar-refractivity contribution is 0.0997. The van der Waals surface area contributed by atoms with Crippen molar-refractivity contribution in [1.82, 2.24) is 10.3 Å². The van der Waals surface area contributed by atoms with E-state index in [0.717, 1.165) is 32.5 Å². The molecule has 0 saturated heterocycles. The van der Waals surface area contributed by atoms with E-state index in [-0.39, 0.29) is 17.5 Å². The molecular weight excluding hydrogens is 338 g/mol. The second kappa shape index (κ2) is 5.86. The molecule has 0 atom stereocenters. The topological polar surface area (TPSA) is 81.2 Å². The van der Waals surface area contributed by atoms with Gasteiger partial charge in [0, 0.05) is 10.9 Å². The van der Waals surface area contributed by atoms with Gasteiger partial charge < -0.3 is 4.42 Å². The van der Waals surface area contributed by atoms with Gasteiger partial charge in [-0.15, -0.1) is 11.3 Å². The predicted octanol–water partition coefficient (Wildman–Crippen LogP) is 4.72. The normalized spacial score (nSPS) is 11.2. The average molecular weight is 353 g/mol. The van der Waals surface area contributed by atoms with Crippen molar-refractivity contribution in [3.8, 4) is 10.6 Å². The molecule has 0 radical (unpaired) electrons. The summed E-state index contributed by atoms with van der Waals surface area (Å²) in [6.45, 7) is 5.87. The first-order chi connectivity index (χ1) is 12.1. The molecule has 7 heteroatoms. The van der Waals surface area contributed by atoms with Crippen molar-refractivity contribution in [1.29, 1.82) is 0 Å². The molecule has 0 aliphatic rings. The van der Waals surface area contributed by atoms with Crippen molar-refractivity contribution in [2.24, 2.45) is 0 Å². The molecule has 6 nitrogen and oxygen atoms in total. The second-order valence-corrected chi connectivity index (χ2v) is 6.78. The Balaban J connectivity index is 1.71. The zero-order chi connectivity index (χ0) is 17.6. The lowest BCUT2D eigenvalue weighted by atomic mass is 10.0. The third-order valence-electron chi connectivity index (χ3n) is 4.31. The molecule has 0 saturated carbocycles. The molecule has 0 aliphatic carbocycles. The third-order valence-corrected chi connectivity index (χ3v) is 5.18. The van der Waals surface area contributed by atoms with Crippen molar-refractivity contribution < 1.29 is 13.8 Å². The van der Waals surface area contributed by atoms with Gasteiger partial charge in [-0.1, -0.05) is 18.2 Å². The minimum absolute atomic E-state index is 0.267. The van der Waals surface area contributed by atoms with Crippen molar-refractivity contribution in [3.05, 3.63) is 52.1 Å². The standard InChI is InChI=1S/C18H15N3O3S/c1-9-6-7-12-11(3)16(23-15(12)10(9)2)18(22)19-17-14(20-24-21-17)13-5-4-8-25-13/h4-8H,1-3H3,(H,19,21,22). The van der Waals surface area contributed by atoms with Crippen LogP contribution in [0.3, 0.4) is 0 Å². The monoisotopic (exact) mass is 353 g/mol. The summed E-state index contributed by atoms with van der Waals surface area (Å²) in [4.78, 5) is 13.6. The molecule has 0 spiro atoms. The van der Waals surface area contributed by atoms with E-state index in [1.165, 1.54) is 11.3 Å². The molecular formula is C18H15N3O3S. The maximum Gasteiger partial charge on any atom is 0.292 e. The van der Waals surface area contributed by atoms with Crippen LogP contribution in [0.25, 0.3) is 21.5 Å². The Bertz CT molecular complexity index is 1080. The molecule has 0 bridgehead atoms. The number of hydrogen-bond acceptors (Lipinski definition) is 6. The van der Waals surface area contributed by atoms with Gasteiger partial charge in [0.2, 0.25) is 5.82 Å². The van der Waals surface area contributed by atoms with Crippen LogP contribution in [0.5, 0.6) is 0 Å². The number of hydrogen-bond donors (Lipinski definition) is 1. The van der Waals surface area contributed by atoms with Crippen LogP contribution >= 0.6 is 11.3 Å². The quantitative estimate of drug-likeness (QED) is 0.576. The number of fused-ring (bicyclic) bond motifs is 1. The van der Waals surface area contributed by atoms with Gasteiger partial charge in [-0.05, 0) is 53.7 Å². The first-order valence-electron chi connectivity index (χ1n) is 7.73. The van der Waals surface area contributed by atoms with E-state index in [1.54, 1.807) is 0 Å². The summed E-state index contributed by atoms with van der Waals surface area (Å²) in [5.74, 6) is 0.170. The molecule has 1 aromatic carbocycles. The van der Waals surface area contributed by atoms with Crippen molar-refractivity contribution in [2.45, 2.75) is 20.8 Å². The van der Waals surface area contributed by atoms with E-state index in [2.05, 4.69) is 15.6 Å². The summed E-state index contributed by atoms with van der Waals surface area (Å²) in [5, 5.41) is 13.3. The number of benzene rings is 1. The van der Waals surface area contributed by atoms with Crippen molar-refractivity contribution in [2.75, 3.05) is 5.32 Å². The number of aromatic nitrogens is 2. The summed E-state index contributed by atoms with van der Waals surface area (Å²) in [7, 11) is 0. The number of carbonyl (C=O) groups is 1. The van der Waals surface area contributed by atoms with Crippen LogP contribution in [-0.2, 0) is 0 Å². The lowest BCUT2D eigenvalue weighted by Gasteiger charge is -2.00. The number of amides is 1. The fourth-order valence-corrected chi connectivity index (χ4v) is 3.45. The fourth-order valence-electron chi connectivity index (χ4n) is 2.74. The van der Waals surface area contributed by atoms with E-state index in [4.69, 9.17) is 9.05 Å². The van der Waals surface area contributed by atoms with Gasteiger partial charge in [-0.2, -0.15) is 0 Å². The molecule has 3 aromatic heterocycles. The molecule has 4 aromatic rings. The van der Waals surface area contributed by atoms with Crippen LogP contribution in [-0.4, -0.2) is 16.2 Å². The number of nitrogens with zero attached hydrogens (tertiary/aromatic N) is 2. The first-order valence-corrected chi connectivity index (χ1v) is 8.61. The largest absolute Gasteiger partial charge is 0.450 e. The average Bonchev–Trinajstić information content (AvgIpc) is 3.31. The second-order valence-electron chi connectivity index (χ2n) is 5.83. The number of thiophene rings is 1. The van der Waals surface area contributed by atoms with Gasteiger partial charge in [-0.25, -0.2) is 4.63 Å². The van der Waals surface area contributed by atoms with E-state index in [9.17, 15) is 4.79 Å². The highest BCUT2D eigenvalue weighted by molar-refractivity contribution is 7.13. The predicted molar refractivity (Wildman–Crippen MR) is 96.0 cm³/mol. The number of carbonyl (C=O) groups excluding carboxylic acids is 1. The molecule has 126 valence electrons. The van der Waals surface area contributed by atoms with Gasteiger partial charge in [-0.3, -0.25) is 10.1 Å². The highest BCUT2D eigenvalue weighted by Gasteiger charge is 2.22. The molecule has 1 N–H and O–H groups in total. The fraction of sp³-hybridized carbons (Fsp3) is 0.167. The van der Waals surface area contributed by atoms with E-state index < -0.39 is 0 Å². The Hall–Kier alpha value is -2.93. The van der Waals surface area contributed by atoms with Crippen LogP contribution in [0.4, 0.5) is 5.82 Å². The third kappa shape index (κ3) is 2.53. The zero-order valence-corrected chi connectivity index (χ0v) is 14.7. The highest BCUT2D eigenvalue weighted by atomic mass is 32.1. The van der Waals surface area contributed by atoms with E-state index >= 15 is 0 Å². The summed E-state index contributed by atoms with van der Waals surface area (Å²) in [6, 6.07) is 7.79. The first kappa shape index (κ1) is 15.6. The number of furan rings is 1. The maximum absolute atomic E-state index is 12.7. The van der Waals surface area contributed by atoms with E-state index in [1.807, 2.05) is 50.4 Å². The number of nitrogens with one attached hydrogen (secondary N) is 1. The Labute approximate surface area is 147 Å². The van der Waals surface area contributed by atoms with Gasteiger partial charge in [0.25, 0.3) is 5.91 Å². The van der Waals surface area contributed by atoms with E-state index in [0.29, 0.717) is 5.69 Å². The summed E-state index contributed by atoms with van der Waals surface area (Å²) < 4.78 is 10.7. The molecule has 0 unspecified atom stereocenters. The number of anilines is 1. The van der Waals surface area contributed by atoms with Gasteiger partial charge in [0.1, 0.15) is 5.58 Å². The van der Waals surface area contributed by atoms with Crippen LogP contribution in [0.2, 0.25) is 0 Å². The van der Waals surface area contributed by atoms with Gasteiger partial charge in [0.15, 0.2) is 11.5 Å². The minimum Gasteiger partial charge on any atom is -0.450 e. The Morgan fingerprint density at radius 2 is 1.96 bits per heavy atom. The van der Waals surface area contributed by atoms with Crippen LogP contribution in [0.15, 0.2) is 38.7 Å². The molecule has 0 aliphatic heterocycles. The molecule has 1 amide bonds. The smallest absolute Gasteiger partial charge is 0.292 e. The van der Waals surface area contributed by atoms with Crippen LogP contribution in [0.1, 0.15) is 27.2 Å². The van der Waals surface area contributed by atoms with Crippen LogP contribution in [0, 0.1) is 20.8 Å². The maximum atomic E-state index is 12.7. The van der Waals surface area contributed by atoms with Crippen LogP contribution < -0.4 is 5.32 Å². The SMILES string of the molecule is Cc1ccc2c(C)c(C(=O)Nc3nonc3-c3cccs3)oc2c1C. The Morgan fingerprint density at radius 1 is 1.12 bits per heavy atom. The van der Waals surface area contributed by atoms with Crippen molar-refractivity contribution in [3.63, 3.8) is 0 Å². The number of rotatable bonds is 3. The van der Waals surface area contributed by atoms with Crippen molar-refractivity contribution >= 4 is 34.0 Å². The summed E-state index contributed by atoms with van der Waals surface area (Å²) in [5.41, 5.74) is 4.18. The zero-order valence-electron chi connectivity index (χ0n) is 13.9. The molecule has 0 fully saturated rings. The molecule has 3 heterocycles.